The van der Waals surface area contributed by atoms with Crippen LogP contribution in [-0.2, 0) is 35.9 Å². The lowest BCUT2D eigenvalue weighted by Gasteiger charge is -2.26. The fraction of sp³-hybridized carbons (Fsp3) is 0.371. The Morgan fingerprint density at radius 2 is 1.85 bits per heavy atom. The van der Waals surface area contributed by atoms with Gasteiger partial charge in [0.2, 0.25) is 0 Å². The van der Waals surface area contributed by atoms with Crippen molar-refractivity contribution in [1.29, 1.82) is 0 Å². The molecule has 47 heavy (non-hydrogen) atoms. The molecule has 4 aromatic rings. The number of carbonyl (C=O) groups is 2. The summed E-state index contributed by atoms with van der Waals surface area (Å²) in [6.45, 7) is 4.55. The van der Waals surface area contributed by atoms with Crippen LogP contribution in [0.3, 0.4) is 0 Å². The van der Waals surface area contributed by atoms with Crippen LogP contribution in [0, 0.1) is 0 Å². The quantitative estimate of drug-likeness (QED) is 0.241. The molecule has 1 aliphatic heterocycles. The molecule has 1 aliphatic carbocycles. The summed E-state index contributed by atoms with van der Waals surface area (Å²) >= 11 is 1.47. The fourth-order valence-electron chi connectivity index (χ4n) is 6.10. The predicted molar refractivity (Wildman–Crippen MR) is 171 cm³/mol. The summed E-state index contributed by atoms with van der Waals surface area (Å²) in [6.07, 6.45) is -4.03. The normalized spacial score (nSPS) is 16.4. The number of thiophene rings is 1. The van der Waals surface area contributed by atoms with Gasteiger partial charge in [-0.05, 0) is 68.9 Å². The van der Waals surface area contributed by atoms with Crippen molar-refractivity contribution in [2.75, 3.05) is 6.54 Å². The van der Waals surface area contributed by atoms with Gasteiger partial charge in [0.05, 0.1) is 34.3 Å². The van der Waals surface area contributed by atoms with Crippen molar-refractivity contribution in [3.05, 3.63) is 121 Å². The molecule has 1 atom stereocenters. The Bertz CT molecular complexity index is 1850. The number of alkyl halides is 3. The molecular formula is C35H35F3N4O4S. The first-order valence-electron chi connectivity index (χ1n) is 15.6. The lowest BCUT2D eigenvalue weighted by atomic mass is 10.0. The number of aryl methyl sites for hydroxylation is 1. The molecular weight excluding hydrogens is 629 g/mol. The summed E-state index contributed by atoms with van der Waals surface area (Å²) in [5.74, 6) is -0.323. The van der Waals surface area contributed by atoms with E-state index >= 15 is 0 Å². The summed E-state index contributed by atoms with van der Waals surface area (Å²) in [6, 6.07) is 15.8. The highest BCUT2D eigenvalue weighted by molar-refractivity contribution is 7.10. The summed E-state index contributed by atoms with van der Waals surface area (Å²) in [5, 5.41) is 12.6. The minimum atomic E-state index is -4.62. The molecule has 2 aliphatic rings. The molecule has 12 heteroatoms. The van der Waals surface area contributed by atoms with Crippen LogP contribution in [0.15, 0.2) is 70.8 Å². The number of hydrogen-bond donors (Lipinski definition) is 2. The molecule has 2 N–H and O–H groups in total. The molecule has 1 fully saturated rings. The molecule has 0 unspecified atom stereocenters. The molecule has 0 bridgehead atoms. The van der Waals surface area contributed by atoms with Gasteiger partial charge in [-0.2, -0.15) is 13.2 Å². The maximum atomic E-state index is 13.6. The van der Waals surface area contributed by atoms with E-state index in [0.717, 1.165) is 41.5 Å². The number of aliphatic hydroxyl groups excluding tert-OH is 1. The van der Waals surface area contributed by atoms with Crippen LogP contribution in [0.2, 0.25) is 0 Å². The zero-order valence-electron chi connectivity index (χ0n) is 26.0. The molecule has 3 heterocycles. The molecule has 246 valence electrons. The van der Waals surface area contributed by atoms with Crippen molar-refractivity contribution < 1.29 is 27.9 Å². The number of benzene rings is 2. The van der Waals surface area contributed by atoms with E-state index in [1.165, 1.54) is 22.3 Å². The van der Waals surface area contributed by atoms with Crippen molar-refractivity contribution in [2.45, 2.75) is 76.4 Å². The van der Waals surface area contributed by atoms with Gasteiger partial charge in [-0.1, -0.05) is 42.5 Å². The third-order valence-corrected chi connectivity index (χ3v) is 10.1. The highest BCUT2D eigenvalue weighted by Crippen LogP contribution is 2.54. The number of aromatic nitrogens is 2. The van der Waals surface area contributed by atoms with Crippen molar-refractivity contribution in [2.24, 2.45) is 0 Å². The molecule has 8 nitrogen and oxygen atoms in total. The second kappa shape index (κ2) is 12.7. The smallest absolute Gasteiger partial charge is 0.378 e. The van der Waals surface area contributed by atoms with Crippen LogP contribution >= 0.6 is 11.3 Å². The summed E-state index contributed by atoms with van der Waals surface area (Å²) in [7, 11) is 0. The van der Waals surface area contributed by atoms with Gasteiger partial charge in [0.15, 0.2) is 6.10 Å². The van der Waals surface area contributed by atoms with E-state index < -0.39 is 34.7 Å². The van der Waals surface area contributed by atoms with Crippen LogP contribution in [0.1, 0.15) is 88.2 Å². The second-order valence-corrected chi connectivity index (χ2v) is 13.4. The SMILES string of the molecule is CC(C)N(Cc1ccccc1)C(=O)c1csc(C2(c3nc4c(c(=O)[nH]3)CN(C(=O)[C@H](O)c3cccc(C(F)(F)F)c3)CCC4)CC2)c1. The molecule has 0 saturated heterocycles. The Morgan fingerprint density at radius 1 is 1.11 bits per heavy atom. The number of aromatic amines is 1. The maximum absolute atomic E-state index is 13.6. The minimum Gasteiger partial charge on any atom is -0.378 e. The average Bonchev–Trinajstić information content (AvgIpc) is 3.77. The van der Waals surface area contributed by atoms with Gasteiger partial charge in [-0.15, -0.1) is 11.3 Å². The van der Waals surface area contributed by atoms with Crippen LogP contribution in [-0.4, -0.2) is 49.3 Å². The highest BCUT2D eigenvalue weighted by Gasteiger charge is 2.50. The van der Waals surface area contributed by atoms with Crippen molar-refractivity contribution in [3.8, 4) is 0 Å². The first kappa shape index (κ1) is 32.6. The van der Waals surface area contributed by atoms with Crippen molar-refractivity contribution in [3.63, 3.8) is 0 Å². The van der Waals surface area contributed by atoms with Crippen molar-refractivity contribution >= 4 is 23.2 Å². The lowest BCUT2D eigenvalue weighted by molar-refractivity contribution is -0.142. The lowest BCUT2D eigenvalue weighted by Crippen LogP contribution is -2.36. The maximum Gasteiger partial charge on any atom is 0.416 e. The topological polar surface area (TPSA) is 107 Å². The van der Waals surface area contributed by atoms with E-state index in [2.05, 4.69) is 4.98 Å². The molecule has 0 radical (unpaired) electrons. The average molecular weight is 665 g/mol. The van der Waals surface area contributed by atoms with Gasteiger partial charge in [0, 0.05) is 29.4 Å². The zero-order valence-corrected chi connectivity index (χ0v) is 26.8. The van der Waals surface area contributed by atoms with E-state index in [4.69, 9.17) is 4.98 Å². The third-order valence-electron chi connectivity index (χ3n) is 8.97. The first-order valence-corrected chi connectivity index (χ1v) is 16.5. The van der Waals surface area contributed by atoms with Crippen LogP contribution < -0.4 is 5.56 Å². The Hall–Kier alpha value is -4.29. The van der Waals surface area contributed by atoms with Gasteiger partial charge in [0.25, 0.3) is 17.4 Å². The molecule has 1 saturated carbocycles. The number of fused-ring (bicyclic) bond motifs is 1. The molecule has 2 aromatic heterocycles. The van der Waals surface area contributed by atoms with Crippen LogP contribution in [0.4, 0.5) is 13.2 Å². The minimum absolute atomic E-state index is 0.0128. The predicted octanol–water partition coefficient (Wildman–Crippen LogP) is 5.99. The van der Waals surface area contributed by atoms with Gasteiger partial charge < -0.3 is 19.9 Å². The molecule has 2 aromatic carbocycles. The molecule has 2 amide bonds. The van der Waals surface area contributed by atoms with E-state index in [1.807, 2.05) is 60.5 Å². The first-order chi connectivity index (χ1) is 22.4. The standard InChI is InChI=1S/C35H35F3N4O4S/c1-21(2)42(18-22-8-4-3-5-9-22)31(45)24-17-28(47-20-24)34(13-14-34)33-39-27-12-7-15-41(19-26(27)30(44)40-33)32(46)29(43)23-10-6-11-25(16-23)35(36,37)38/h3-6,8-11,16-17,20-21,29,43H,7,12-15,18-19H2,1-2H3,(H,39,40,44)/t29-/m1/s1. The number of halogens is 3. The second-order valence-electron chi connectivity index (χ2n) is 12.5. The summed E-state index contributed by atoms with van der Waals surface area (Å²) < 4.78 is 39.6. The largest absolute Gasteiger partial charge is 0.416 e. The number of nitrogens with zero attached hydrogens (tertiary/aromatic N) is 3. The molecule has 0 spiro atoms. The summed E-state index contributed by atoms with van der Waals surface area (Å²) in [4.78, 5) is 52.2. The summed E-state index contributed by atoms with van der Waals surface area (Å²) in [5.41, 5.74) is 0.442. The number of H-pyrrole nitrogens is 1. The number of carbonyl (C=O) groups excluding carboxylic acids is 2. The zero-order chi connectivity index (χ0) is 33.5. The number of nitrogens with one attached hydrogen (secondary N) is 1. The van der Waals surface area contributed by atoms with Gasteiger partial charge in [-0.25, -0.2) is 4.98 Å². The molecule has 6 rings (SSSR count). The van der Waals surface area contributed by atoms with E-state index in [9.17, 15) is 32.7 Å². The fourth-order valence-corrected chi connectivity index (χ4v) is 7.24. The van der Waals surface area contributed by atoms with E-state index in [-0.39, 0.29) is 30.6 Å². The van der Waals surface area contributed by atoms with E-state index in [0.29, 0.717) is 42.0 Å². The highest BCUT2D eigenvalue weighted by atomic mass is 32.1. The van der Waals surface area contributed by atoms with Crippen molar-refractivity contribution in [1.82, 2.24) is 19.8 Å². The Labute approximate surface area is 273 Å². The Balaban J connectivity index is 1.21. The van der Waals surface area contributed by atoms with Gasteiger partial charge in [0.1, 0.15) is 5.82 Å². The number of hydrogen-bond acceptors (Lipinski definition) is 6. The van der Waals surface area contributed by atoms with Gasteiger partial charge in [-0.3, -0.25) is 14.4 Å². The van der Waals surface area contributed by atoms with Crippen LogP contribution in [0.25, 0.3) is 0 Å². The number of aliphatic hydroxyl groups is 1. The number of rotatable bonds is 8. The van der Waals surface area contributed by atoms with Gasteiger partial charge >= 0.3 is 6.18 Å². The van der Waals surface area contributed by atoms with E-state index in [1.54, 1.807) is 0 Å². The Morgan fingerprint density at radius 3 is 2.53 bits per heavy atom. The number of amides is 2. The third kappa shape index (κ3) is 6.62. The Kier molecular flexibility index (Phi) is 8.84. The monoisotopic (exact) mass is 664 g/mol. The van der Waals surface area contributed by atoms with Crippen LogP contribution in [0.5, 0.6) is 0 Å².